The molecule has 6 heteroatoms. The molecule has 128 valence electrons. The summed E-state index contributed by atoms with van der Waals surface area (Å²) in [5.74, 6) is 1.17. The molecule has 0 radical (unpaired) electrons. The Labute approximate surface area is 146 Å². The molecule has 1 amide bonds. The molecule has 3 rings (SSSR count). The molecule has 1 heterocycles. The fourth-order valence-corrected chi connectivity index (χ4v) is 3.42. The van der Waals surface area contributed by atoms with Crippen molar-refractivity contribution >= 4 is 17.5 Å². The summed E-state index contributed by atoms with van der Waals surface area (Å²) < 4.78 is 5.14. The summed E-state index contributed by atoms with van der Waals surface area (Å²) in [6.07, 6.45) is 6.14. The van der Waals surface area contributed by atoms with Crippen molar-refractivity contribution in [3.63, 3.8) is 0 Å². The minimum absolute atomic E-state index is 0.0225. The number of benzene rings is 1. The smallest absolute Gasteiger partial charge is 0.223 e. The summed E-state index contributed by atoms with van der Waals surface area (Å²) in [4.78, 5) is 16.9. The molecule has 1 aliphatic carbocycles. The predicted molar refractivity (Wildman–Crippen MR) is 91.7 cm³/mol. The minimum atomic E-state index is -0.479. The average Bonchev–Trinajstić information content (AvgIpc) is 3.02. The van der Waals surface area contributed by atoms with Crippen molar-refractivity contribution in [2.45, 2.75) is 57.4 Å². The topological polar surface area (TPSA) is 68.0 Å². The molecule has 5 nitrogen and oxygen atoms in total. The van der Waals surface area contributed by atoms with Gasteiger partial charge in [-0.1, -0.05) is 48.2 Å². The molecule has 0 saturated heterocycles. The lowest BCUT2D eigenvalue weighted by Crippen LogP contribution is -2.48. The number of nitrogens with one attached hydrogen (secondary N) is 1. The third-order valence-corrected chi connectivity index (χ3v) is 4.85. The summed E-state index contributed by atoms with van der Waals surface area (Å²) in [7, 11) is 0. The van der Waals surface area contributed by atoms with Crippen molar-refractivity contribution in [2.24, 2.45) is 0 Å². The van der Waals surface area contributed by atoms with E-state index in [4.69, 9.17) is 16.1 Å². The molecule has 1 aromatic heterocycles. The van der Waals surface area contributed by atoms with Crippen LogP contribution in [0.5, 0.6) is 0 Å². The first kappa shape index (κ1) is 17.0. The van der Waals surface area contributed by atoms with Crippen LogP contribution in [0, 0.1) is 6.92 Å². The molecule has 0 spiro atoms. The van der Waals surface area contributed by atoms with E-state index < -0.39 is 5.54 Å². The van der Waals surface area contributed by atoms with Crippen molar-refractivity contribution in [3.8, 4) is 0 Å². The Balaban J connectivity index is 1.66. The van der Waals surface area contributed by atoms with Gasteiger partial charge in [-0.15, -0.1) is 0 Å². The van der Waals surface area contributed by atoms with Crippen LogP contribution >= 0.6 is 11.6 Å². The Bertz CT molecular complexity index is 691. The van der Waals surface area contributed by atoms with Gasteiger partial charge in [-0.05, 0) is 37.0 Å². The minimum Gasteiger partial charge on any atom is -0.343 e. The molecule has 0 unspecified atom stereocenters. The first-order valence-corrected chi connectivity index (χ1v) is 8.81. The molecular formula is C18H22ClN3O2. The van der Waals surface area contributed by atoms with Gasteiger partial charge in [-0.2, -0.15) is 4.98 Å². The van der Waals surface area contributed by atoms with Gasteiger partial charge in [0, 0.05) is 18.4 Å². The summed E-state index contributed by atoms with van der Waals surface area (Å²) >= 11 is 5.89. The largest absolute Gasteiger partial charge is 0.343 e. The zero-order valence-electron chi connectivity index (χ0n) is 13.8. The Kier molecular flexibility index (Phi) is 5.19. The Hall–Kier alpha value is -1.88. The van der Waals surface area contributed by atoms with Gasteiger partial charge in [0.25, 0.3) is 0 Å². The number of amides is 1. The number of nitrogens with zero attached hydrogens (tertiary/aromatic N) is 2. The van der Waals surface area contributed by atoms with Crippen molar-refractivity contribution in [3.05, 3.63) is 46.6 Å². The highest BCUT2D eigenvalue weighted by atomic mass is 35.5. The number of halogens is 1. The second-order valence-corrected chi connectivity index (χ2v) is 6.89. The normalized spacial score (nSPS) is 16.8. The van der Waals surface area contributed by atoms with E-state index in [9.17, 15) is 4.79 Å². The van der Waals surface area contributed by atoms with E-state index in [2.05, 4.69) is 15.5 Å². The quantitative estimate of drug-likeness (QED) is 0.889. The summed E-state index contributed by atoms with van der Waals surface area (Å²) in [5, 5.41) is 7.98. The SMILES string of the molecule is Cc1nc(C2(NC(=O)CCc3ccc(Cl)cc3)CCCCC2)no1. The van der Waals surface area contributed by atoms with E-state index in [0.29, 0.717) is 29.6 Å². The molecule has 1 aromatic carbocycles. The molecule has 24 heavy (non-hydrogen) atoms. The van der Waals surface area contributed by atoms with Gasteiger partial charge in [0.1, 0.15) is 5.54 Å². The maximum atomic E-state index is 12.5. The maximum Gasteiger partial charge on any atom is 0.223 e. The average molecular weight is 348 g/mol. The van der Waals surface area contributed by atoms with Crippen LogP contribution in [0.15, 0.2) is 28.8 Å². The van der Waals surface area contributed by atoms with Crippen LogP contribution in [0.4, 0.5) is 0 Å². The van der Waals surface area contributed by atoms with Gasteiger partial charge in [-0.3, -0.25) is 4.79 Å². The molecule has 1 saturated carbocycles. The highest BCUT2D eigenvalue weighted by Gasteiger charge is 2.39. The van der Waals surface area contributed by atoms with Crippen molar-refractivity contribution in [1.29, 1.82) is 0 Å². The van der Waals surface area contributed by atoms with E-state index in [-0.39, 0.29) is 5.91 Å². The van der Waals surface area contributed by atoms with Gasteiger partial charge >= 0.3 is 0 Å². The lowest BCUT2D eigenvalue weighted by Gasteiger charge is -2.35. The maximum absolute atomic E-state index is 12.5. The van der Waals surface area contributed by atoms with Crippen molar-refractivity contribution < 1.29 is 9.32 Å². The zero-order chi connectivity index (χ0) is 17.0. The molecule has 1 aliphatic rings. The highest BCUT2D eigenvalue weighted by molar-refractivity contribution is 6.30. The van der Waals surface area contributed by atoms with Gasteiger partial charge in [-0.25, -0.2) is 0 Å². The van der Waals surface area contributed by atoms with Crippen LogP contribution in [0.25, 0.3) is 0 Å². The van der Waals surface area contributed by atoms with Crippen LogP contribution in [-0.2, 0) is 16.8 Å². The molecule has 2 aromatic rings. The third-order valence-electron chi connectivity index (χ3n) is 4.60. The fraction of sp³-hybridized carbons (Fsp3) is 0.500. The zero-order valence-corrected chi connectivity index (χ0v) is 14.6. The molecule has 1 N–H and O–H groups in total. The first-order chi connectivity index (χ1) is 11.6. The Morgan fingerprint density at radius 2 is 1.96 bits per heavy atom. The van der Waals surface area contributed by atoms with Crippen LogP contribution in [0.2, 0.25) is 5.02 Å². The van der Waals surface area contributed by atoms with Crippen LogP contribution < -0.4 is 5.32 Å². The molecule has 0 aliphatic heterocycles. The number of carbonyl (C=O) groups excluding carboxylic acids is 1. The number of hydrogen-bond acceptors (Lipinski definition) is 4. The van der Waals surface area contributed by atoms with Crippen molar-refractivity contribution in [2.75, 3.05) is 0 Å². The number of carbonyl (C=O) groups is 1. The van der Waals surface area contributed by atoms with Gasteiger partial charge < -0.3 is 9.84 Å². The number of hydrogen-bond donors (Lipinski definition) is 1. The molecule has 1 fully saturated rings. The van der Waals surface area contributed by atoms with Crippen LogP contribution in [0.3, 0.4) is 0 Å². The Morgan fingerprint density at radius 3 is 2.58 bits per heavy atom. The predicted octanol–water partition coefficient (Wildman–Crippen LogP) is 3.94. The summed E-state index contributed by atoms with van der Waals surface area (Å²) in [6.45, 7) is 1.77. The van der Waals surface area contributed by atoms with Crippen LogP contribution in [-0.4, -0.2) is 16.0 Å². The number of rotatable bonds is 5. The fourth-order valence-electron chi connectivity index (χ4n) is 3.29. The summed E-state index contributed by atoms with van der Waals surface area (Å²) in [6, 6.07) is 7.60. The Morgan fingerprint density at radius 1 is 1.25 bits per heavy atom. The lowest BCUT2D eigenvalue weighted by molar-refractivity contribution is -0.123. The highest BCUT2D eigenvalue weighted by Crippen LogP contribution is 2.35. The van der Waals surface area contributed by atoms with E-state index in [1.165, 1.54) is 6.42 Å². The van der Waals surface area contributed by atoms with E-state index >= 15 is 0 Å². The third kappa shape index (κ3) is 3.96. The van der Waals surface area contributed by atoms with E-state index in [0.717, 1.165) is 31.2 Å². The summed E-state index contributed by atoms with van der Waals surface area (Å²) in [5.41, 5.74) is 0.621. The van der Waals surface area contributed by atoms with Crippen molar-refractivity contribution in [1.82, 2.24) is 15.5 Å². The lowest BCUT2D eigenvalue weighted by atomic mass is 9.81. The van der Waals surface area contributed by atoms with Gasteiger partial charge in [0.05, 0.1) is 0 Å². The number of aryl methyl sites for hydroxylation is 2. The van der Waals surface area contributed by atoms with E-state index in [1.807, 2.05) is 24.3 Å². The van der Waals surface area contributed by atoms with Gasteiger partial charge in [0.15, 0.2) is 5.82 Å². The monoisotopic (exact) mass is 347 g/mol. The van der Waals surface area contributed by atoms with E-state index in [1.54, 1.807) is 6.92 Å². The standard InChI is InChI=1S/C18H22ClN3O2/c1-13-20-17(22-24-13)18(11-3-2-4-12-18)21-16(23)10-7-14-5-8-15(19)9-6-14/h5-6,8-9H,2-4,7,10-12H2,1H3,(H,21,23). The number of aromatic nitrogens is 2. The second kappa shape index (κ2) is 7.34. The molecular weight excluding hydrogens is 326 g/mol. The molecule has 0 atom stereocenters. The first-order valence-electron chi connectivity index (χ1n) is 8.44. The second-order valence-electron chi connectivity index (χ2n) is 6.45. The molecule has 0 bridgehead atoms. The van der Waals surface area contributed by atoms with Gasteiger partial charge in [0.2, 0.25) is 11.8 Å². The van der Waals surface area contributed by atoms with Crippen LogP contribution in [0.1, 0.15) is 55.8 Å².